The molecule has 0 radical (unpaired) electrons. The maximum atomic E-state index is 12.4. The van der Waals surface area contributed by atoms with Crippen molar-refractivity contribution in [3.05, 3.63) is 29.8 Å². The lowest BCUT2D eigenvalue weighted by Crippen LogP contribution is -2.35. The summed E-state index contributed by atoms with van der Waals surface area (Å²) in [5.74, 6) is 1.18. The standard InChI is InChI=1S/C19H27NO3/c1-20(13-18(21)14-7-8-14)19(22)15-9-11-17(12-10-15)23-16-5-3-2-4-6-16/h9-12,14,16,18,21H,2-8,13H2,1H3. The first-order valence-corrected chi connectivity index (χ1v) is 8.84. The van der Waals surface area contributed by atoms with Crippen molar-refractivity contribution in [2.24, 2.45) is 5.92 Å². The molecule has 0 spiro atoms. The maximum absolute atomic E-state index is 12.4. The fraction of sp³-hybridized carbons (Fsp3) is 0.632. The van der Waals surface area contributed by atoms with Crippen molar-refractivity contribution in [1.29, 1.82) is 0 Å². The van der Waals surface area contributed by atoms with Gasteiger partial charge < -0.3 is 14.7 Å². The lowest BCUT2D eigenvalue weighted by molar-refractivity contribution is 0.0645. The van der Waals surface area contributed by atoms with Crippen LogP contribution in [0.2, 0.25) is 0 Å². The second-order valence-corrected chi connectivity index (χ2v) is 6.99. The summed E-state index contributed by atoms with van der Waals surface area (Å²) in [7, 11) is 1.75. The number of hydrogen-bond acceptors (Lipinski definition) is 3. The van der Waals surface area contributed by atoms with Crippen LogP contribution in [0, 0.1) is 5.92 Å². The van der Waals surface area contributed by atoms with Crippen molar-refractivity contribution in [2.45, 2.75) is 57.2 Å². The Hall–Kier alpha value is -1.55. The first-order valence-electron chi connectivity index (χ1n) is 8.84. The molecule has 126 valence electrons. The average Bonchev–Trinajstić information content (AvgIpc) is 3.41. The highest BCUT2D eigenvalue weighted by Gasteiger charge is 2.31. The third-order valence-electron chi connectivity index (χ3n) is 4.93. The van der Waals surface area contributed by atoms with Crippen molar-refractivity contribution in [3.63, 3.8) is 0 Å². The average molecular weight is 317 g/mol. The molecule has 2 aliphatic rings. The first kappa shape index (κ1) is 16.3. The van der Waals surface area contributed by atoms with Gasteiger partial charge in [-0.2, -0.15) is 0 Å². The van der Waals surface area contributed by atoms with Gasteiger partial charge in [0.05, 0.1) is 12.2 Å². The van der Waals surface area contributed by atoms with Gasteiger partial charge in [-0.15, -0.1) is 0 Å². The Morgan fingerprint density at radius 3 is 2.43 bits per heavy atom. The van der Waals surface area contributed by atoms with E-state index >= 15 is 0 Å². The Kier molecular flexibility index (Phi) is 5.21. The number of benzene rings is 1. The number of aliphatic hydroxyl groups is 1. The molecule has 3 rings (SSSR count). The molecule has 0 heterocycles. The zero-order valence-corrected chi connectivity index (χ0v) is 13.9. The number of amides is 1. The van der Waals surface area contributed by atoms with E-state index in [1.807, 2.05) is 24.3 Å². The second kappa shape index (κ2) is 7.35. The Labute approximate surface area is 138 Å². The van der Waals surface area contributed by atoms with Crippen molar-refractivity contribution in [1.82, 2.24) is 4.90 Å². The molecule has 1 aromatic carbocycles. The number of carbonyl (C=O) groups excluding carboxylic acids is 1. The van der Waals surface area contributed by atoms with Gasteiger partial charge in [-0.05, 0) is 68.7 Å². The molecule has 1 aromatic rings. The summed E-state index contributed by atoms with van der Waals surface area (Å²) in [5.41, 5.74) is 0.645. The van der Waals surface area contributed by atoms with Gasteiger partial charge >= 0.3 is 0 Å². The molecule has 4 nitrogen and oxygen atoms in total. The van der Waals surface area contributed by atoms with Crippen LogP contribution in [0.4, 0.5) is 0 Å². The molecule has 2 fully saturated rings. The lowest BCUT2D eigenvalue weighted by atomic mass is 9.98. The molecular weight excluding hydrogens is 290 g/mol. The van der Waals surface area contributed by atoms with Crippen LogP contribution in [0.5, 0.6) is 5.75 Å². The van der Waals surface area contributed by atoms with Crippen molar-refractivity contribution >= 4 is 5.91 Å². The third-order valence-corrected chi connectivity index (χ3v) is 4.93. The Morgan fingerprint density at radius 1 is 1.17 bits per heavy atom. The molecule has 1 unspecified atom stereocenters. The minimum absolute atomic E-state index is 0.0473. The van der Waals surface area contributed by atoms with E-state index in [1.165, 1.54) is 19.3 Å². The van der Waals surface area contributed by atoms with Crippen molar-refractivity contribution in [2.75, 3.05) is 13.6 Å². The quantitative estimate of drug-likeness (QED) is 0.876. The SMILES string of the molecule is CN(CC(O)C1CC1)C(=O)c1ccc(OC2CCCCC2)cc1. The smallest absolute Gasteiger partial charge is 0.253 e. The molecular formula is C19H27NO3. The van der Waals surface area contributed by atoms with E-state index in [-0.39, 0.29) is 5.91 Å². The highest BCUT2D eigenvalue weighted by Crippen LogP contribution is 2.32. The summed E-state index contributed by atoms with van der Waals surface area (Å²) in [6, 6.07) is 7.40. The van der Waals surface area contributed by atoms with Gasteiger partial charge in [-0.25, -0.2) is 0 Å². The Balaban J connectivity index is 1.53. The highest BCUT2D eigenvalue weighted by molar-refractivity contribution is 5.94. The van der Waals surface area contributed by atoms with Crippen LogP contribution in [0.1, 0.15) is 55.3 Å². The number of hydrogen-bond donors (Lipinski definition) is 1. The largest absolute Gasteiger partial charge is 0.490 e. The van der Waals surface area contributed by atoms with Gasteiger partial charge in [0, 0.05) is 19.2 Å². The summed E-state index contributed by atoms with van der Waals surface area (Å²) in [5, 5.41) is 9.97. The fourth-order valence-corrected chi connectivity index (χ4v) is 3.27. The van der Waals surface area contributed by atoms with E-state index in [1.54, 1.807) is 11.9 Å². The first-order chi connectivity index (χ1) is 11.1. The lowest BCUT2D eigenvalue weighted by Gasteiger charge is -2.23. The molecule has 2 aliphatic carbocycles. The summed E-state index contributed by atoms with van der Waals surface area (Å²) in [4.78, 5) is 14.0. The van der Waals surface area contributed by atoms with Gasteiger partial charge in [-0.1, -0.05) is 6.42 Å². The van der Waals surface area contributed by atoms with Gasteiger partial charge in [0.25, 0.3) is 5.91 Å². The minimum Gasteiger partial charge on any atom is -0.490 e. The third kappa shape index (κ3) is 4.47. The van der Waals surface area contributed by atoms with E-state index in [4.69, 9.17) is 4.74 Å². The monoisotopic (exact) mass is 317 g/mol. The van der Waals surface area contributed by atoms with Crippen LogP contribution in [0.25, 0.3) is 0 Å². The van der Waals surface area contributed by atoms with E-state index in [2.05, 4.69) is 0 Å². The van der Waals surface area contributed by atoms with E-state index in [0.29, 0.717) is 24.1 Å². The predicted molar refractivity (Wildman–Crippen MR) is 89.6 cm³/mol. The molecule has 0 saturated heterocycles. The number of rotatable bonds is 6. The molecule has 0 aliphatic heterocycles. The molecule has 0 aromatic heterocycles. The van der Waals surface area contributed by atoms with E-state index in [0.717, 1.165) is 31.4 Å². The zero-order chi connectivity index (χ0) is 16.2. The molecule has 4 heteroatoms. The van der Waals surface area contributed by atoms with E-state index < -0.39 is 6.10 Å². The topological polar surface area (TPSA) is 49.8 Å². The van der Waals surface area contributed by atoms with Crippen LogP contribution in [-0.4, -0.2) is 41.7 Å². The summed E-state index contributed by atoms with van der Waals surface area (Å²) < 4.78 is 5.99. The number of ether oxygens (including phenoxy) is 1. The second-order valence-electron chi connectivity index (χ2n) is 6.99. The number of carbonyl (C=O) groups is 1. The van der Waals surface area contributed by atoms with Crippen molar-refractivity contribution in [3.8, 4) is 5.75 Å². The molecule has 1 atom stereocenters. The molecule has 1 N–H and O–H groups in total. The van der Waals surface area contributed by atoms with Crippen LogP contribution in [0.3, 0.4) is 0 Å². The van der Waals surface area contributed by atoms with Gasteiger partial charge in [-0.3, -0.25) is 4.79 Å². The van der Waals surface area contributed by atoms with Gasteiger partial charge in [0.15, 0.2) is 0 Å². The summed E-state index contributed by atoms with van der Waals surface area (Å²) in [6.45, 7) is 0.407. The molecule has 1 amide bonds. The maximum Gasteiger partial charge on any atom is 0.253 e. The highest BCUT2D eigenvalue weighted by atomic mass is 16.5. The molecule has 23 heavy (non-hydrogen) atoms. The van der Waals surface area contributed by atoms with Crippen LogP contribution < -0.4 is 4.74 Å². The zero-order valence-electron chi connectivity index (χ0n) is 13.9. The number of aliphatic hydroxyl groups excluding tert-OH is 1. The van der Waals surface area contributed by atoms with Crippen LogP contribution >= 0.6 is 0 Å². The van der Waals surface area contributed by atoms with Gasteiger partial charge in [0.2, 0.25) is 0 Å². The van der Waals surface area contributed by atoms with Gasteiger partial charge in [0.1, 0.15) is 5.75 Å². The number of nitrogens with zero attached hydrogens (tertiary/aromatic N) is 1. The summed E-state index contributed by atoms with van der Waals surface area (Å²) >= 11 is 0. The van der Waals surface area contributed by atoms with E-state index in [9.17, 15) is 9.90 Å². The molecule has 0 bridgehead atoms. The molecule has 2 saturated carbocycles. The van der Waals surface area contributed by atoms with Crippen LogP contribution in [0.15, 0.2) is 24.3 Å². The number of likely N-dealkylation sites (N-methyl/N-ethyl adjacent to an activating group) is 1. The fourth-order valence-electron chi connectivity index (χ4n) is 3.27. The predicted octanol–water partition coefficient (Wildman–Crippen LogP) is 3.24. The van der Waals surface area contributed by atoms with Crippen LogP contribution in [-0.2, 0) is 0 Å². The van der Waals surface area contributed by atoms with Crippen molar-refractivity contribution < 1.29 is 14.6 Å². The normalized spacial score (nSPS) is 20.1. The Morgan fingerprint density at radius 2 is 1.83 bits per heavy atom. The summed E-state index contributed by atoms with van der Waals surface area (Å²) in [6.07, 6.45) is 8.15. The minimum atomic E-state index is -0.391. The Bertz CT molecular complexity index is 518.